The quantitative estimate of drug-likeness (QED) is 0.347. The molecule has 104 valence electrons. The number of hydrogen-bond acceptors (Lipinski definition) is 5. The Kier molecular flexibility index (Phi) is 16.2. The summed E-state index contributed by atoms with van der Waals surface area (Å²) in [6.07, 6.45) is 0. The average molecular weight is 271 g/mol. The van der Waals surface area contributed by atoms with Crippen molar-refractivity contribution in [2.45, 2.75) is 0 Å². The lowest BCUT2D eigenvalue weighted by atomic mass is 10.7. The SMILES string of the molecule is COCCOCCOCCOCCOCCCl. The van der Waals surface area contributed by atoms with Crippen molar-refractivity contribution in [2.24, 2.45) is 0 Å². The van der Waals surface area contributed by atoms with E-state index in [1.807, 2.05) is 0 Å². The molecular weight excluding hydrogens is 248 g/mol. The van der Waals surface area contributed by atoms with Gasteiger partial charge in [0.15, 0.2) is 0 Å². The Morgan fingerprint density at radius 2 is 0.941 bits per heavy atom. The molecule has 0 aliphatic rings. The minimum Gasteiger partial charge on any atom is -0.382 e. The average Bonchev–Trinajstić information content (AvgIpc) is 2.35. The molecule has 0 aliphatic heterocycles. The number of halogens is 1. The van der Waals surface area contributed by atoms with E-state index in [9.17, 15) is 0 Å². The van der Waals surface area contributed by atoms with Gasteiger partial charge in [0, 0.05) is 13.0 Å². The second-order valence-corrected chi connectivity index (χ2v) is 3.51. The second kappa shape index (κ2) is 16.1. The van der Waals surface area contributed by atoms with Crippen LogP contribution in [0.3, 0.4) is 0 Å². The Bertz CT molecular complexity index is 123. The molecule has 0 unspecified atom stereocenters. The van der Waals surface area contributed by atoms with Crippen LogP contribution in [0.2, 0.25) is 0 Å². The van der Waals surface area contributed by atoms with Crippen LogP contribution in [-0.4, -0.2) is 72.5 Å². The van der Waals surface area contributed by atoms with E-state index in [4.69, 9.17) is 35.3 Å². The summed E-state index contributed by atoms with van der Waals surface area (Å²) in [5.74, 6) is 0.520. The Labute approximate surface area is 108 Å². The van der Waals surface area contributed by atoms with E-state index < -0.39 is 0 Å². The topological polar surface area (TPSA) is 46.2 Å². The minimum atomic E-state index is 0.520. The zero-order valence-electron chi connectivity index (χ0n) is 10.5. The molecule has 0 radical (unpaired) electrons. The number of methoxy groups -OCH3 is 1. The third-order valence-corrected chi connectivity index (χ3v) is 1.92. The smallest absolute Gasteiger partial charge is 0.0701 e. The maximum atomic E-state index is 5.44. The van der Waals surface area contributed by atoms with Gasteiger partial charge in [-0.2, -0.15) is 0 Å². The number of ether oxygens (including phenoxy) is 5. The predicted molar refractivity (Wildman–Crippen MR) is 65.9 cm³/mol. The third-order valence-electron chi connectivity index (χ3n) is 1.77. The van der Waals surface area contributed by atoms with Gasteiger partial charge in [-0.05, 0) is 0 Å². The van der Waals surface area contributed by atoms with Gasteiger partial charge < -0.3 is 23.7 Å². The van der Waals surface area contributed by atoms with Gasteiger partial charge in [-0.3, -0.25) is 0 Å². The summed E-state index contributed by atoms with van der Waals surface area (Å²) in [5, 5.41) is 0. The molecule has 17 heavy (non-hydrogen) atoms. The molecule has 5 nitrogen and oxygen atoms in total. The summed E-state index contributed by atoms with van der Waals surface area (Å²) in [5.41, 5.74) is 0. The number of hydrogen-bond donors (Lipinski definition) is 0. The lowest BCUT2D eigenvalue weighted by Gasteiger charge is -2.06. The summed E-state index contributed by atoms with van der Waals surface area (Å²) in [6.45, 7) is 5.25. The zero-order chi connectivity index (χ0) is 12.6. The van der Waals surface area contributed by atoms with Crippen LogP contribution >= 0.6 is 11.6 Å². The van der Waals surface area contributed by atoms with Gasteiger partial charge in [0.2, 0.25) is 0 Å². The standard InChI is InChI=1S/C11H23ClO5/c1-13-4-5-15-8-9-17-11-10-16-7-6-14-3-2-12/h2-11H2,1H3. The molecule has 0 spiro atoms. The lowest BCUT2D eigenvalue weighted by molar-refractivity contribution is -0.00665. The minimum absolute atomic E-state index is 0.520. The van der Waals surface area contributed by atoms with Gasteiger partial charge in [0.05, 0.1) is 59.5 Å². The number of alkyl halides is 1. The Balaban J connectivity index is 2.85. The molecule has 0 heterocycles. The van der Waals surface area contributed by atoms with Crippen LogP contribution in [0.25, 0.3) is 0 Å². The van der Waals surface area contributed by atoms with Crippen molar-refractivity contribution < 1.29 is 23.7 Å². The monoisotopic (exact) mass is 270 g/mol. The summed E-state index contributed by atoms with van der Waals surface area (Å²) in [6, 6.07) is 0. The fourth-order valence-electron chi connectivity index (χ4n) is 0.959. The van der Waals surface area contributed by atoms with E-state index in [2.05, 4.69) is 0 Å². The van der Waals surface area contributed by atoms with Gasteiger partial charge in [-0.25, -0.2) is 0 Å². The summed E-state index contributed by atoms with van der Waals surface area (Å²) in [7, 11) is 1.65. The largest absolute Gasteiger partial charge is 0.382 e. The molecule has 0 fully saturated rings. The molecule has 0 aromatic carbocycles. The van der Waals surface area contributed by atoms with Crippen LogP contribution < -0.4 is 0 Å². The Morgan fingerprint density at radius 1 is 0.588 bits per heavy atom. The van der Waals surface area contributed by atoms with Gasteiger partial charge in [-0.1, -0.05) is 0 Å². The predicted octanol–water partition coefficient (Wildman–Crippen LogP) is 0.938. The molecule has 0 aliphatic carbocycles. The molecule has 0 aromatic rings. The first-order valence-electron chi connectivity index (χ1n) is 5.77. The van der Waals surface area contributed by atoms with E-state index in [0.29, 0.717) is 65.3 Å². The molecule has 6 heteroatoms. The van der Waals surface area contributed by atoms with Crippen molar-refractivity contribution >= 4 is 11.6 Å². The van der Waals surface area contributed by atoms with Crippen molar-refractivity contribution in [2.75, 3.05) is 72.5 Å². The van der Waals surface area contributed by atoms with E-state index in [1.54, 1.807) is 7.11 Å². The fraction of sp³-hybridized carbons (Fsp3) is 1.00. The molecule has 0 rings (SSSR count). The van der Waals surface area contributed by atoms with Crippen LogP contribution in [0.1, 0.15) is 0 Å². The van der Waals surface area contributed by atoms with Crippen LogP contribution in [0.15, 0.2) is 0 Å². The molecule has 0 amide bonds. The first-order chi connectivity index (χ1) is 8.41. The van der Waals surface area contributed by atoms with Crippen molar-refractivity contribution in [1.82, 2.24) is 0 Å². The Morgan fingerprint density at radius 3 is 1.29 bits per heavy atom. The molecular formula is C11H23ClO5. The number of rotatable bonds is 14. The van der Waals surface area contributed by atoms with Crippen LogP contribution in [0.5, 0.6) is 0 Å². The first-order valence-corrected chi connectivity index (χ1v) is 6.31. The first kappa shape index (κ1) is 17.1. The summed E-state index contributed by atoms with van der Waals surface area (Å²) >= 11 is 5.44. The van der Waals surface area contributed by atoms with Crippen LogP contribution in [0, 0.1) is 0 Å². The fourth-order valence-corrected chi connectivity index (χ4v) is 1.07. The molecule has 0 atom stereocenters. The van der Waals surface area contributed by atoms with Crippen LogP contribution in [0.4, 0.5) is 0 Å². The normalized spacial score (nSPS) is 10.9. The van der Waals surface area contributed by atoms with Gasteiger partial charge in [0.25, 0.3) is 0 Å². The van der Waals surface area contributed by atoms with Crippen molar-refractivity contribution in [1.29, 1.82) is 0 Å². The van der Waals surface area contributed by atoms with E-state index in [0.717, 1.165) is 0 Å². The summed E-state index contributed by atoms with van der Waals surface area (Å²) in [4.78, 5) is 0. The van der Waals surface area contributed by atoms with Gasteiger partial charge in [-0.15, -0.1) is 11.6 Å². The van der Waals surface area contributed by atoms with Crippen molar-refractivity contribution in [3.8, 4) is 0 Å². The Hall–Kier alpha value is 0.0900. The van der Waals surface area contributed by atoms with E-state index >= 15 is 0 Å². The molecule has 0 saturated carbocycles. The van der Waals surface area contributed by atoms with Gasteiger partial charge >= 0.3 is 0 Å². The van der Waals surface area contributed by atoms with E-state index in [-0.39, 0.29) is 0 Å². The summed E-state index contributed by atoms with van der Waals surface area (Å²) < 4.78 is 25.8. The maximum Gasteiger partial charge on any atom is 0.0701 e. The lowest BCUT2D eigenvalue weighted by Crippen LogP contribution is -2.13. The van der Waals surface area contributed by atoms with Crippen molar-refractivity contribution in [3.63, 3.8) is 0 Å². The molecule has 0 N–H and O–H groups in total. The third kappa shape index (κ3) is 16.1. The highest BCUT2D eigenvalue weighted by atomic mass is 35.5. The van der Waals surface area contributed by atoms with Gasteiger partial charge in [0.1, 0.15) is 0 Å². The zero-order valence-corrected chi connectivity index (χ0v) is 11.2. The highest BCUT2D eigenvalue weighted by Crippen LogP contribution is 1.83. The molecule has 0 saturated heterocycles. The molecule has 0 bridgehead atoms. The van der Waals surface area contributed by atoms with E-state index in [1.165, 1.54) is 0 Å². The second-order valence-electron chi connectivity index (χ2n) is 3.13. The maximum absolute atomic E-state index is 5.44. The highest BCUT2D eigenvalue weighted by Gasteiger charge is 1.92. The highest BCUT2D eigenvalue weighted by molar-refractivity contribution is 6.17. The molecule has 0 aromatic heterocycles. The van der Waals surface area contributed by atoms with Crippen LogP contribution in [-0.2, 0) is 23.7 Å². The van der Waals surface area contributed by atoms with Crippen molar-refractivity contribution in [3.05, 3.63) is 0 Å².